The van der Waals surface area contributed by atoms with Gasteiger partial charge in [-0.1, -0.05) is 5.16 Å². The molecule has 0 saturated carbocycles. The first-order valence-electron chi connectivity index (χ1n) is 7.21. The first-order valence-corrected chi connectivity index (χ1v) is 7.21. The highest BCUT2D eigenvalue weighted by Gasteiger charge is 2.28. The summed E-state index contributed by atoms with van der Waals surface area (Å²) < 4.78 is 4.99. The summed E-state index contributed by atoms with van der Waals surface area (Å²) in [5.41, 5.74) is 0.724. The zero-order valence-corrected chi connectivity index (χ0v) is 12.7. The molecule has 1 aliphatic heterocycles. The fourth-order valence-electron chi connectivity index (χ4n) is 2.58. The molecular formula is C14H22N4O3. The van der Waals surface area contributed by atoms with E-state index in [-0.39, 0.29) is 23.9 Å². The Balaban J connectivity index is 1.90. The van der Waals surface area contributed by atoms with Gasteiger partial charge in [0.1, 0.15) is 0 Å². The van der Waals surface area contributed by atoms with E-state index < -0.39 is 0 Å². The molecule has 0 bridgehead atoms. The van der Waals surface area contributed by atoms with Crippen LogP contribution in [0, 0.1) is 6.92 Å². The summed E-state index contributed by atoms with van der Waals surface area (Å²) in [6.07, 6.45) is 1.91. The molecule has 21 heavy (non-hydrogen) atoms. The maximum Gasteiger partial charge on any atom is 0.243 e. The molecule has 2 rings (SSSR count). The van der Waals surface area contributed by atoms with Crippen LogP contribution in [0.2, 0.25) is 0 Å². The topological polar surface area (TPSA) is 87.5 Å². The van der Waals surface area contributed by atoms with E-state index in [1.165, 1.54) is 6.92 Å². The number of anilines is 1. The van der Waals surface area contributed by atoms with Crippen molar-refractivity contribution in [2.24, 2.45) is 0 Å². The fraction of sp³-hybridized carbons (Fsp3) is 0.643. The number of carbonyl (C=O) groups is 2. The van der Waals surface area contributed by atoms with Gasteiger partial charge in [-0.3, -0.25) is 19.8 Å². The Kier molecular flexibility index (Phi) is 4.95. The van der Waals surface area contributed by atoms with E-state index in [2.05, 4.69) is 20.7 Å². The van der Waals surface area contributed by atoms with Crippen molar-refractivity contribution < 1.29 is 14.1 Å². The third kappa shape index (κ3) is 4.29. The second kappa shape index (κ2) is 6.71. The lowest BCUT2D eigenvalue weighted by molar-refractivity contribution is -0.121. The Labute approximate surface area is 124 Å². The number of amides is 2. The van der Waals surface area contributed by atoms with Gasteiger partial charge >= 0.3 is 0 Å². The van der Waals surface area contributed by atoms with Gasteiger partial charge in [-0.15, -0.1) is 0 Å². The van der Waals surface area contributed by atoms with Crippen molar-refractivity contribution in [3.05, 3.63) is 11.8 Å². The highest BCUT2D eigenvalue weighted by atomic mass is 16.5. The number of rotatable bonds is 4. The normalized spacial score (nSPS) is 20.8. The lowest BCUT2D eigenvalue weighted by atomic mass is 10.0. The largest absolute Gasteiger partial charge is 0.352 e. The van der Waals surface area contributed by atoms with E-state index >= 15 is 0 Å². The average molecular weight is 294 g/mol. The Morgan fingerprint density at radius 3 is 2.90 bits per heavy atom. The number of aromatic nitrogens is 1. The SMILES string of the molecule is CC(=O)N[C@H]1CCCN([C@@H](C)C(=O)Nc2cc(C)no2)C1. The summed E-state index contributed by atoms with van der Waals surface area (Å²) in [7, 11) is 0. The van der Waals surface area contributed by atoms with Gasteiger partial charge in [0.25, 0.3) is 0 Å². The first-order chi connectivity index (χ1) is 9.95. The molecule has 7 nitrogen and oxygen atoms in total. The molecule has 1 aromatic rings. The van der Waals surface area contributed by atoms with Crippen molar-refractivity contribution in [1.29, 1.82) is 0 Å². The van der Waals surface area contributed by atoms with E-state index in [0.717, 1.165) is 25.1 Å². The van der Waals surface area contributed by atoms with Crippen molar-refractivity contribution >= 4 is 17.7 Å². The minimum Gasteiger partial charge on any atom is -0.352 e. The van der Waals surface area contributed by atoms with Gasteiger partial charge < -0.3 is 9.84 Å². The summed E-state index contributed by atoms with van der Waals surface area (Å²) in [6.45, 7) is 6.70. The zero-order chi connectivity index (χ0) is 15.4. The summed E-state index contributed by atoms with van der Waals surface area (Å²) in [6, 6.07) is 1.51. The van der Waals surface area contributed by atoms with E-state index in [4.69, 9.17) is 4.52 Å². The molecule has 0 unspecified atom stereocenters. The lowest BCUT2D eigenvalue weighted by Crippen LogP contribution is -2.52. The minimum atomic E-state index is -0.285. The quantitative estimate of drug-likeness (QED) is 0.862. The monoisotopic (exact) mass is 294 g/mol. The molecule has 2 atom stereocenters. The molecular weight excluding hydrogens is 272 g/mol. The van der Waals surface area contributed by atoms with Crippen molar-refractivity contribution in [2.75, 3.05) is 18.4 Å². The van der Waals surface area contributed by atoms with E-state index in [0.29, 0.717) is 12.4 Å². The number of nitrogens with zero attached hydrogens (tertiary/aromatic N) is 2. The molecule has 2 amide bonds. The van der Waals surface area contributed by atoms with Gasteiger partial charge in [0.15, 0.2) is 0 Å². The first kappa shape index (κ1) is 15.5. The van der Waals surface area contributed by atoms with Crippen LogP contribution in [0.25, 0.3) is 0 Å². The van der Waals surface area contributed by atoms with Crippen LogP contribution in [0.3, 0.4) is 0 Å². The summed E-state index contributed by atoms with van der Waals surface area (Å²) in [4.78, 5) is 25.4. The van der Waals surface area contributed by atoms with Crippen LogP contribution in [0.15, 0.2) is 10.6 Å². The number of carbonyl (C=O) groups excluding carboxylic acids is 2. The smallest absolute Gasteiger partial charge is 0.243 e. The highest BCUT2D eigenvalue weighted by Crippen LogP contribution is 2.15. The standard InChI is InChI=1S/C14H22N4O3/c1-9-7-13(21-17-9)16-14(20)10(2)18-6-4-5-12(8-18)15-11(3)19/h7,10,12H,4-6,8H2,1-3H3,(H,15,19)(H,16,20)/t10-,12-/m0/s1. The molecule has 1 aromatic heterocycles. The molecule has 1 fully saturated rings. The van der Waals surface area contributed by atoms with E-state index in [1.54, 1.807) is 13.0 Å². The summed E-state index contributed by atoms with van der Waals surface area (Å²) in [5, 5.41) is 9.37. The molecule has 1 saturated heterocycles. The number of aryl methyl sites for hydroxylation is 1. The molecule has 0 radical (unpaired) electrons. The van der Waals surface area contributed by atoms with Crippen LogP contribution < -0.4 is 10.6 Å². The van der Waals surface area contributed by atoms with E-state index in [1.807, 2.05) is 6.92 Å². The van der Waals surface area contributed by atoms with Gasteiger partial charge in [-0.25, -0.2) is 0 Å². The molecule has 0 aliphatic carbocycles. The maximum absolute atomic E-state index is 12.2. The summed E-state index contributed by atoms with van der Waals surface area (Å²) >= 11 is 0. The van der Waals surface area contributed by atoms with Crippen LogP contribution >= 0.6 is 0 Å². The van der Waals surface area contributed by atoms with Gasteiger partial charge in [-0.2, -0.15) is 0 Å². The lowest BCUT2D eigenvalue weighted by Gasteiger charge is -2.36. The van der Waals surface area contributed by atoms with Crippen molar-refractivity contribution in [3.63, 3.8) is 0 Å². The van der Waals surface area contributed by atoms with Gasteiger partial charge in [-0.05, 0) is 33.2 Å². The Morgan fingerprint density at radius 1 is 1.52 bits per heavy atom. The molecule has 116 valence electrons. The third-order valence-corrected chi connectivity index (χ3v) is 3.66. The molecule has 2 N–H and O–H groups in total. The molecule has 7 heteroatoms. The predicted molar refractivity (Wildman–Crippen MR) is 77.7 cm³/mol. The van der Waals surface area contributed by atoms with Crippen LogP contribution in [-0.2, 0) is 9.59 Å². The van der Waals surface area contributed by atoms with Crippen LogP contribution in [0.1, 0.15) is 32.4 Å². The fourth-order valence-corrected chi connectivity index (χ4v) is 2.58. The number of piperidine rings is 1. The number of hydrogen-bond donors (Lipinski definition) is 2. The Bertz CT molecular complexity index is 514. The number of nitrogens with one attached hydrogen (secondary N) is 2. The van der Waals surface area contributed by atoms with E-state index in [9.17, 15) is 9.59 Å². The average Bonchev–Trinajstić information content (AvgIpc) is 2.82. The van der Waals surface area contributed by atoms with Gasteiger partial charge in [0.2, 0.25) is 17.7 Å². The second-order valence-electron chi connectivity index (χ2n) is 5.53. The molecule has 0 spiro atoms. The minimum absolute atomic E-state index is 0.0314. The Hall–Kier alpha value is -1.89. The predicted octanol–water partition coefficient (Wildman–Crippen LogP) is 0.911. The van der Waals surface area contributed by atoms with Crippen LogP contribution in [-0.4, -0.2) is 47.0 Å². The molecule has 1 aliphatic rings. The van der Waals surface area contributed by atoms with Gasteiger partial charge in [0.05, 0.1) is 11.7 Å². The second-order valence-corrected chi connectivity index (χ2v) is 5.53. The highest BCUT2D eigenvalue weighted by molar-refractivity contribution is 5.93. The van der Waals surface area contributed by atoms with Crippen molar-refractivity contribution in [3.8, 4) is 0 Å². The third-order valence-electron chi connectivity index (χ3n) is 3.66. The number of likely N-dealkylation sites (tertiary alicyclic amines) is 1. The van der Waals surface area contributed by atoms with Crippen LogP contribution in [0.4, 0.5) is 5.88 Å². The zero-order valence-electron chi connectivity index (χ0n) is 12.7. The van der Waals surface area contributed by atoms with Crippen molar-refractivity contribution in [2.45, 2.75) is 45.7 Å². The Morgan fingerprint density at radius 2 is 2.29 bits per heavy atom. The van der Waals surface area contributed by atoms with Gasteiger partial charge in [0, 0.05) is 25.6 Å². The number of hydrogen-bond acceptors (Lipinski definition) is 5. The molecule has 2 heterocycles. The van der Waals surface area contributed by atoms with Crippen molar-refractivity contribution in [1.82, 2.24) is 15.4 Å². The maximum atomic E-state index is 12.2. The molecule has 0 aromatic carbocycles. The summed E-state index contributed by atoms with van der Waals surface area (Å²) in [5.74, 6) is 0.200. The van der Waals surface area contributed by atoms with Crippen LogP contribution in [0.5, 0.6) is 0 Å².